The van der Waals surface area contributed by atoms with E-state index >= 15 is 0 Å². The molecular formula is C16H15N3O2. The number of para-hydroxylation sites is 1. The molecule has 0 spiro atoms. The van der Waals surface area contributed by atoms with E-state index in [1.54, 1.807) is 5.01 Å². The number of nitrogens with zero attached hydrogens (tertiary/aromatic N) is 2. The summed E-state index contributed by atoms with van der Waals surface area (Å²) in [5.41, 5.74) is 6.23. The number of carbonyl (C=O) groups excluding carboxylic acids is 1. The molecule has 2 amide bonds. The van der Waals surface area contributed by atoms with Gasteiger partial charge in [0.05, 0.1) is 12.2 Å². The van der Waals surface area contributed by atoms with Gasteiger partial charge in [-0.3, -0.25) is 10.3 Å². The highest BCUT2D eigenvalue weighted by molar-refractivity contribution is 5.81. The first kappa shape index (κ1) is 12.2. The topological polar surface area (TPSA) is 44.8 Å². The molecule has 1 unspecified atom stereocenters. The van der Waals surface area contributed by atoms with E-state index in [0.717, 1.165) is 16.8 Å². The molecule has 2 aromatic rings. The first-order chi connectivity index (χ1) is 10.3. The van der Waals surface area contributed by atoms with Crippen molar-refractivity contribution in [2.45, 2.75) is 12.6 Å². The quantitative estimate of drug-likeness (QED) is 0.940. The Morgan fingerprint density at radius 1 is 1.10 bits per heavy atom. The van der Waals surface area contributed by atoms with Crippen molar-refractivity contribution in [3.8, 4) is 0 Å². The van der Waals surface area contributed by atoms with E-state index < -0.39 is 0 Å². The van der Waals surface area contributed by atoms with Gasteiger partial charge in [0, 0.05) is 5.56 Å². The Kier molecular flexibility index (Phi) is 2.79. The second-order valence-corrected chi connectivity index (χ2v) is 5.19. The maximum absolute atomic E-state index is 12.3. The molecule has 0 radical (unpaired) electrons. The fraction of sp³-hybridized carbons (Fsp3) is 0.188. The van der Waals surface area contributed by atoms with Crippen LogP contribution in [0.25, 0.3) is 0 Å². The van der Waals surface area contributed by atoms with Gasteiger partial charge in [-0.2, -0.15) is 5.06 Å². The second kappa shape index (κ2) is 4.79. The highest BCUT2D eigenvalue weighted by atomic mass is 16.7. The van der Waals surface area contributed by atoms with Crippen LogP contribution in [0.5, 0.6) is 0 Å². The molecular weight excluding hydrogens is 266 g/mol. The van der Waals surface area contributed by atoms with Gasteiger partial charge in [0.2, 0.25) is 0 Å². The molecule has 4 rings (SSSR count). The van der Waals surface area contributed by atoms with Gasteiger partial charge in [-0.1, -0.05) is 48.5 Å². The fourth-order valence-electron chi connectivity index (χ4n) is 2.79. The number of hydrogen-bond donors (Lipinski definition) is 1. The van der Waals surface area contributed by atoms with E-state index in [2.05, 4.69) is 5.43 Å². The second-order valence-electron chi connectivity index (χ2n) is 5.19. The zero-order valence-electron chi connectivity index (χ0n) is 11.4. The molecule has 21 heavy (non-hydrogen) atoms. The lowest BCUT2D eigenvalue weighted by molar-refractivity contribution is -0.141. The Labute approximate surface area is 122 Å². The minimum Gasteiger partial charge on any atom is -0.294 e. The van der Waals surface area contributed by atoms with Crippen molar-refractivity contribution in [1.82, 2.24) is 10.1 Å². The Hall–Kier alpha value is -2.53. The number of amides is 2. The Morgan fingerprint density at radius 2 is 1.86 bits per heavy atom. The molecule has 0 aromatic heterocycles. The van der Waals surface area contributed by atoms with E-state index in [-0.39, 0.29) is 12.1 Å². The minimum atomic E-state index is -0.146. The van der Waals surface area contributed by atoms with Crippen LogP contribution in [0.4, 0.5) is 10.5 Å². The van der Waals surface area contributed by atoms with E-state index in [4.69, 9.17) is 4.84 Å². The molecule has 0 aliphatic carbocycles. The van der Waals surface area contributed by atoms with Gasteiger partial charge in [-0.25, -0.2) is 9.80 Å². The van der Waals surface area contributed by atoms with E-state index in [1.807, 2.05) is 54.6 Å². The lowest BCUT2D eigenvalue weighted by Gasteiger charge is -2.26. The number of hydrogen-bond acceptors (Lipinski definition) is 3. The van der Waals surface area contributed by atoms with Crippen molar-refractivity contribution in [2.75, 3.05) is 12.0 Å². The van der Waals surface area contributed by atoms with Gasteiger partial charge in [0.15, 0.2) is 0 Å². The number of carbonyl (C=O) groups is 1. The number of rotatable bonds is 3. The SMILES string of the molecule is O=C1N2CC(c3ccccc3N2)N1OCc1ccccc1. The van der Waals surface area contributed by atoms with Crippen LogP contribution in [0.2, 0.25) is 0 Å². The van der Waals surface area contributed by atoms with Crippen molar-refractivity contribution >= 4 is 11.7 Å². The van der Waals surface area contributed by atoms with Gasteiger partial charge in [-0.05, 0) is 11.6 Å². The molecule has 2 aromatic carbocycles. The van der Waals surface area contributed by atoms with Crippen LogP contribution in [0, 0.1) is 0 Å². The van der Waals surface area contributed by atoms with Crippen LogP contribution in [0.3, 0.4) is 0 Å². The molecule has 2 heterocycles. The summed E-state index contributed by atoms with van der Waals surface area (Å²) in [6.45, 7) is 0.990. The molecule has 0 saturated carbocycles. The number of fused-ring (bicyclic) bond motifs is 4. The van der Waals surface area contributed by atoms with Crippen LogP contribution in [-0.4, -0.2) is 22.6 Å². The van der Waals surface area contributed by atoms with Crippen molar-refractivity contribution < 1.29 is 9.63 Å². The molecule has 5 heteroatoms. The Morgan fingerprint density at radius 3 is 2.71 bits per heavy atom. The predicted octanol–water partition coefficient (Wildman–Crippen LogP) is 2.94. The van der Waals surface area contributed by atoms with Gasteiger partial charge >= 0.3 is 6.03 Å². The number of hydrazine groups is 1. The van der Waals surface area contributed by atoms with Crippen molar-refractivity contribution in [3.05, 3.63) is 65.7 Å². The third kappa shape index (κ3) is 2.02. The maximum Gasteiger partial charge on any atom is 0.363 e. The Bertz CT molecular complexity index is 674. The zero-order chi connectivity index (χ0) is 14.2. The van der Waals surface area contributed by atoms with Gasteiger partial charge < -0.3 is 0 Å². The zero-order valence-corrected chi connectivity index (χ0v) is 11.4. The third-order valence-corrected chi connectivity index (χ3v) is 3.85. The lowest BCUT2D eigenvalue weighted by atomic mass is 10.0. The molecule has 1 atom stereocenters. The fourth-order valence-corrected chi connectivity index (χ4v) is 2.79. The number of nitrogens with one attached hydrogen (secondary N) is 1. The van der Waals surface area contributed by atoms with E-state index in [9.17, 15) is 4.79 Å². The largest absolute Gasteiger partial charge is 0.363 e. The normalized spacial score (nSPS) is 19.4. The van der Waals surface area contributed by atoms with Crippen molar-refractivity contribution in [3.63, 3.8) is 0 Å². The smallest absolute Gasteiger partial charge is 0.294 e. The standard InChI is InChI=1S/C16H15N3O2/c20-16-18-10-15(13-8-4-5-9-14(13)17-18)19(16)21-11-12-6-2-1-3-7-12/h1-9,15,17H,10-11H2. The number of urea groups is 1. The summed E-state index contributed by atoms with van der Waals surface area (Å²) in [4.78, 5) is 18.1. The highest BCUT2D eigenvalue weighted by Gasteiger charge is 2.44. The number of anilines is 1. The average Bonchev–Trinajstić information content (AvgIpc) is 2.79. The van der Waals surface area contributed by atoms with Crippen LogP contribution in [0.15, 0.2) is 54.6 Å². The molecule has 5 nitrogen and oxygen atoms in total. The van der Waals surface area contributed by atoms with Gasteiger partial charge in [0.25, 0.3) is 0 Å². The molecule has 1 saturated heterocycles. The van der Waals surface area contributed by atoms with Gasteiger partial charge in [0.1, 0.15) is 12.6 Å². The maximum atomic E-state index is 12.3. The van der Waals surface area contributed by atoms with E-state index in [0.29, 0.717) is 13.2 Å². The number of hydroxylamine groups is 2. The summed E-state index contributed by atoms with van der Waals surface area (Å²) in [7, 11) is 0. The van der Waals surface area contributed by atoms with Crippen LogP contribution < -0.4 is 5.43 Å². The predicted molar refractivity (Wildman–Crippen MR) is 78.0 cm³/mol. The summed E-state index contributed by atoms with van der Waals surface area (Å²) in [6.07, 6.45) is 0. The molecule has 1 N–H and O–H groups in total. The highest BCUT2D eigenvalue weighted by Crippen LogP contribution is 2.38. The van der Waals surface area contributed by atoms with Crippen LogP contribution in [0.1, 0.15) is 17.2 Å². The summed E-state index contributed by atoms with van der Waals surface area (Å²) >= 11 is 0. The van der Waals surface area contributed by atoms with Crippen LogP contribution in [-0.2, 0) is 11.4 Å². The van der Waals surface area contributed by atoms with Crippen LogP contribution >= 0.6 is 0 Å². The summed E-state index contributed by atoms with van der Waals surface area (Å²) < 4.78 is 0. The number of benzene rings is 2. The summed E-state index contributed by atoms with van der Waals surface area (Å²) in [6, 6.07) is 17.6. The summed E-state index contributed by atoms with van der Waals surface area (Å²) in [5, 5.41) is 3.07. The minimum absolute atomic E-state index is 0.0568. The first-order valence-electron chi connectivity index (χ1n) is 6.96. The summed E-state index contributed by atoms with van der Waals surface area (Å²) in [5.74, 6) is 0. The monoisotopic (exact) mass is 281 g/mol. The average molecular weight is 281 g/mol. The van der Waals surface area contributed by atoms with Gasteiger partial charge in [-0.15, -0.1) is 0 Å². The third-order valence-electron chi connectivity index (χ3n) is 3.85. The first-order valence-corrected chi connectivity index (χ1v) is 6.96. The van der Waals surface area contributed by atoms with Crippen molar-refractivity contribution in [1.29, 1.82) is 0 Å². The molecule has 2 bridgehead atoms. The Balaban J connectivity index is 1.57. The molecule has 2 aliphatic heterocycles. The molecule has 106 valence electrons. The molecule has 1 fully saturated rings. The lowest BCUT2D eigenvalue weighted by Crippen LogP contribution is -2.35. The van der Waals surface area contributed by atoms with Crippen molar-refractivity contribution in [2.24, 2.45) is 0 Å². The molecule has 2 aliphatic rings. The van der Waals surface area contributed by atoms with E-state index in [1.165, 1.54) is 5.06 Å².